The molecule has 1 N–H and O–H groups in total. The molecular weight excluding hydrogens is 570 g/mol. The monoisotopic (exact) mass is 607 g/mol. The maximum atomic E-state index is 12.5. The normalized spacial score (nSPS) is 11.2. The molecule has 0 bridgehead atoms. The average molecular weight is 608 g/mol. The number of carbonyl (C=O) groups is 4. The van der Waals surface area contributed by atoms with Crippen LogP contribution in [0.15, 0.2) is 72.8 Å². The largest absolute Gasteiger partial charge is 0.491 e. The van der Waals surface area contributed by atoms with Gasteiger partial charge in [-0.15, -0.1) is 0 Å². The number of benzene rings is 3. The SMILES string of the molecule is CCC(C)C(=O)OCCOCCOCCOc1ccc(C(=O)Oc2ccc(C(=O)Oc3ccc(NC(C)=O)cc3)cc2)cc1. The molecule has 234 valence electrons. The molecule has 44 heavy (non-hydrogen) atoms. The Kier molecular flexibility index (Phi) is 13.8. The van der Waals surface area contributed by atoms with Gasteiger partial charge in [0.25, 0.3) is 0 Å². The van der Waals surface area contributed by atoms with E-state index in [0.717, 1.165) is 6.42 Å². The van der Waals surface area contributed by atoms with Crippen LogP contribution >= 0.6 is 0 Å². The predicted octanol–water partition coefficient (Wildman–Crippen LogP) is 5.08. The van der Waals surface area contributed by atoms with E-state index in [2.05, 4.69) is 5.32 Å². The minimum atomic E-state index is -0.582. The number of hydrogen-bond acceptors (Lipinski definition) is 10. The molecule has 0 saturated heterocycles. The lowest BCUT2D eigenvalue weighted by Crippen LogP contribution is -2.18. The molecule has 0 spiro atoms. The smallest absolute Gasteiger partial charge is 0.343 e. The maximum absolute atomic E-state index is 12.5. The first-order valence-corrected chi connectivity index (χ1v) is 14.2. The van der Waals surface area contributed by atoms with E-state index in [1.54, 1.807) is 48.5 Å². The highest BCUT2D eigenvalue weighted by Crippen LogP contribution is 2.20. The van der Waals surface area contributed by atoms with Crippen molar-refractivity contribution >= 4 is 29.5 Å². The quantitative estimate of drug-likeness (QED) is 0.126. The summed E-state index contributed by atoms with van der Waals surface area (Å²) < 4.78 is 32.3. The van der Waals surface area contributed by atoms with E-state index in [4.69, 9.17) is 28.4 Å². The number of amides is 1. The highest BCUT2D eigenvalue weighted by atomic mass is 16.6. The Balaban J connectivity index is 1.31. The van der Waals surface area contributed by atoms with Crippen LogP contribution in [-0.4, -0.2) is 63.5 Å². The van der Waals surface area contributed by atoms with E-state index in [9.17, 15) is 19.2 Å². The van der Waals surface area contributed by atoms with E-state index >= 15 is 0 Å². The molecular formula is C33H37NO10. The summed E-state index contributed by atoms with van der Waals surface area (Å²) >= 11 is 0. The maximum Gasteiger partial charge on any atom is 0.343 e. The third-order valence-electron chi connectivity index (χ3n) is 6.13. The van der Waals surface area contributed by atoms with E-state index < -0.39 is 11.9 Å². The molecule has 1 atom stereocenters. The molecule has 0 aliphatic heterocycles. The van der Waals surface area contributed by atoms with Crippen LogP contribution in [-0.2, 0) is 23.8 Å². The van der Waals surface area contributed by atoms with Crippen LogP contribution in [0.1, 0.15) is 47.9 Å². The summed E-state index contributed by atoms with van der Waals surface area (Å²) in [5.74, 6) is -0.522. The van der Waals surface area contributed by atoms with Gasteiger partial charge in [0.15, 0.2) is 0 Å². The van der Waals surface area contributed by atoms with Gasteiger partial charge in [0.2, 0.25) is 5.91 Å². The molecule has 0 aromatic heterocycles. The second kappa shape index (κ2) is 18.0. The zero-order chi connectivity index (χ0) is 31.7. The summed E-state index contributed by atoms with van der Waals surface area (Å²) in [4.78, 5) is 47.7. The average Bonchev–Trinajstić information content (AvgIpc) is 3.02. The first-order chi connectivity index (χ1) is 21.2. The molecule has 0 aliphatic rings. The Labute approximate surface area is 256 Å². The number of anilines is 1. The zero-order valence-electron chi connectivity index (χ0n) is 25.0. The summed E-state index contributed by atoms with van der Waals surface area (Å²) in [6, 6.07) is 18.9. The Hall–Kier alpha value is -4.74. The standard InChI is InChI=1S/C33H37NO10/c1-4-23(2)31(36)42-22-20-40-18-17-39-19-21-41-28-11-5-25(6-12-28)32(37)43-29-13-7-26(8-14-29)33(38)44-30-15-9-27(10-16-30)34-24(3)35/h5-16,23H,4,17-22H2,1-3H3,(H,34,35). The fourth-order valence-electron chi connectivity index (χ4n) is 3.54. The summed E-state index contributed by atoms with van der Waals surface area (Å²) in [6.45, 7) is 7.12. The lowest BCUT2D eigenvalue weighted by Gasteiger charge is -2.10. The highest BCUT2D eigenvalue weighted by molar-refractivity contribution is 5.93. The van der Waals surface area contributed by atoms with E-state index in [0.29, 0.717) is 55.8 Å². The molecule has 1 amide bonds. The van der Waals surface area contributed by atoms with Crippen molar-refractivity contribution < 1.29 is 47.6 Å². The van der Waals surface area contributed by atoms with Crippen molar-refractivity contribution in [1.82, 2.24) is 0 Å². The van der Waals surface area contributed by atoms with Gasteiger partial charge >= 0.3 is 17.9 Å². The van der Waals surface area contributed by atoms with Crippen LogP contribution in [0.5, 0.6) is 17.2 Å². The topological polar surface area (TPSA) is 136 Å². The zero-order valence-corrected chi connectivity index (χ0v) is 25.0. The number of carbonyl (C=O) groups excluding carboxylic acids is 4. The van der Waals surface area contributed by atoms with Gasteiger partial charge in [-0.2, -0.15) is 0 Å². The van der Waals surface area contributed by atoms with Gasteiger partial charge in [-0.25, -0.2) is 9.59 Å². The molecule has 0 heterocycles. The summed E-state index contributed by atoms with van der Waals surface area (Å²) in [7, 11) is 0. The minimum Gasteiger partial charge on any atom is -0.491 e. The number of esters is 3. The summed E-state index contributed by atoms with van der Waals surface area (Å²) in [5.41, 5.74) is 1.19. The van der Waals surface area contributed by atoms with Crippen molar-refractivity contribution in [1.29, 1.82) is 0 Å². The summed E-state index contributed by atoms with van der Waals surface area (Å²) in [6.07, 6.45) is 0.743. The third kappa shape index (κ3) is 11.9. The molecule has 0 aliphatic carbocycles. The van der Waals surface area contributed by atoms with Crippen LogP contribution in [0.2, 0.25) is 0 Å². The Morgan fingerprint density at radius 3 is 1.59 bits per heavy atom. The number of ether oxygens (including phenoxy) is 6. The molecule has 11 nitrogen and oxygen atoms in total. The fraction of sp³-hybridized carbons (Fsp3) is 0.333. The Bertz CT molecular complexity index is 1350. The van der Waals surface area contributed by atoms with Gasteiger partial charge in [-0.05, 0) is 79.2 Å². The molecule has 3 aromatic carbocycles. The second-order valence-corrected chi connectivity index (χ2v) is 9.58. The van der Waals surface area contributed by atoms with Gasteiger partial charge < -0.3 is 33.7 Å². The molecule has 3 rings (SSSR count). The van der Waals surface area contributed by atoms with Gasteiger partial charge in [0, 0.05) is 12.6 Å². The molecule has 3 aromatic rings. The van der Waals surface area contributed by atoms with Crippen LogP contribution in [0.3, 0.4) is 0 Å². The lowest BCUT2D eigenvalue weighted by molar-refractivity contribution is -0.149. The number of hydrogen-bond donors (Lipinski definition) is 1. The minimum absolute atomic E-state index is 0.108. The Morgan fingerprint density at radius 2 is 1.09 bits per heavy atom. The van der Waals surface area contributed by atoms with Gasteiger partial charge in [-0.1, -0.05) is 13.8 Å². The van der Waals surface area contributed by atoms with Gasteiger partial charge in [-0.3, -0.25) is 9.59 Å². The van der Waals surface area contributed by atoms with Crippen molar-refractivity contribution in [2.45, 2.75) is 27.2 Å². The molecule has 0 radical (unpaired) electrons. The highest BCUT2D eigenvalue weighted by Gasteiger charge is 2.13. The molecule has 1 unspecified atom stereocenters. The van der Waals surface area contributed by atoms with Crippen LogP contribution in [0.25, 0.3) is 0 Å². The van der Waals surface area contributed by atoms with Crippen molar-refractivity contribution in [2.24, 2.45) is 5.92 Å². The van der Waals surface area contributed by atoms with Crippen LogP contribution in [0.4, 0.5) is 5.69 Å². The first-order valence-electron chi connectivity index (χ1n) is 14.2. The van der Waals surface area contributed by atoms with Crippen molar-refractivity contribution in [2.75, 3.05) is 45.0 Å². The third-order valence-corrected chi connectivity index (χ3v) is 6.13. The predicted molar refractivity (Wildman–Crippen MR) is 161 cm³/mol. The van der Waals surface area contributed by atoms with E-state index in [1.165, 1.54) is 31.2 Å². The number of nitrogens with one attached hydrogen (secondary N) is 1. The van der Waals surface area contributed by atoms with Crippen LogP contribution in [0, 0.1) is 5.92 Å². The van der Waals surface area contributed by atoms with E-state index in [1.807, 2.05) is 13.8 Å². The lowest BCUT2D eigenvalue weighted by atomic mass is 10.1. The van der Waals surface area contributed by atoms with Crippen molar-refractivity contribution in [3.63, 3.8) is 0 Å². The van der Waals surface area contributed by atoms with Gasteiger partial charge in [0.05, 0.1) is 43.5 Å². The first kappa shape index (κ1) is 33.8. The summed E-state index contributed by atoms with van der Waals surface area (Å²) in [5, 5.41) is 2.63. The van der Waals surface area contributed by atoms with Crippen molar-refractivity contribution in [3.05, 3.63) is 83.9 Å². The fourth-order valence-corrected chi connectivity index (χ4v) is 3.54. The number of rotatable bonds is 17. The molecule has 0 saturated carbocycles. The Morgan fingerprint density at radius 1 is 0.636 bits per heavy atom. The molecule has 11 heteroatoms. The van der Waals surface area contributed by atoms with Crippen molar-refractivity contribution in [3.8, 4) is 17.2 Å². The van der Waals surface area contributed by atoms with E-state index in [-0.39, 0.29) is 35.7 Å². The van der Waals surface area contributed by atoms with Crippen LogP contribution < -0.4 is 19.5 Å². The second-order valence-electron chi connectivity index (χ2n) is 9.58. The molecule has 0 fully saturated rings. The van der Waals surface area contributed by atoms with Gasteiger partial charge in [0.1, 0.15) is 30.5 Å².